The molecule has 0 unspecified atom stereocenters. The van der Waals surface area contributed by atoms with E-state index in [-0.39, 0.29) is 16.9 Å². The van der Waals surface area contributed by atoms with Crippen molar-refractivity contribution in [2.45, 2.75) is 53.0 Å². The normalized spacial score (nSPS) is 12.2. The van der Waals surface area contributed by atoms with Gasteiger partial charge in [-0.15, -0.1) is 11.3 Å². The number of hydrogen-bond acceptors (Lipinski definition) is 4. The van der Waals surface area contributed by atoms with Crippen LogP contribution in [0.2, 0.25) is 0 Å². The van der Waals surface area contributed by atoms with E-state index < -0.39 is 0 Å². The number of amides is 1. The van der Waals surface area contributed by atoms with Crippen LogP contribution in [-0.4, -0.2) is 21.4 Å². The average molecular weight is 331 g/mol. The van der Waals surface area contributed by atoms with Gasteiger partial charge in [0, 0.05) is 28.9 Å². The summed E-state index contributed by atoms with van der Waals surface area (Å²) in [6, 6.07) is 3.86. The van der Waals surface area contributed by atoms with E-state index in [0.717, 1.165) is 22.7 Å². The van der Waals surface area contributed by atoms with Gasteiger partial charge < -0.3 is 5.32 Å². The fraction of sp³-hybridized carbons (Fsp3) is 0.500. The minimum atomic E-state index is -0.225. The van der Waals surface area contributed by atoms with Gasteiger partial charge in [-0.25, -0.2) is 4.98 Å². The summed E-state index contributed by atoms with van der Waals surface area (Å²) >= 11 is 1.54. The van der Waals surface area contributed by atoms with Gasteiger partial charge in [-0.05, 0) is 37.8 Å². The minimum Gasteiger partial charge on any atom is -0.351 e. The summed E-state index contributed by atoms with van der Waals surface area (Å²) < 4.78 is 0. The predicted octanol–water partition coefficient (Wildman–Crippen LogP) is 4.08. The molecule has 2 aromatic heterocycles. The van der Waals surface area contributed by atoms with E-state index in [1.165, 1.54) is 0 Å². The molecule has 0 aliphatic carbocycles. The third-order valence-corrected chi connectivity index (χ3v) is 4.19. The lowest BCUT2D eigenvalue weighted by atomic mass is 9.82. The Morgan fingerprint density at radius 3 is 2.61 bits per heavy atom. The molecule has 0 atom stereocenters. The van der Waals surface area contributed by atoms with E-state index in [1.54, 1.807) is 23.7 Å². The highest BCUT2D eigenvalue weighted by atomic mass is 32.1. The first-order valence-corrected chi connectivity index (χ1v) is 8.68. The van der Waals surface area contributed by atoms with E-state index in [0.29, 0.717) is 6.42 Å². The quantitative estimate of drug-likeness (QED) is 0.898. The van der Waals surface area contributed by atoms with E-state index >= 15 is 0 Å². The van der Waals surface area contributed by atoms with Crippen LogP contribution in [0.5, 0.6) is 0 Å². The zero-order valence-corrected chi connectivity index (χ0v) is 15.3. The number of rotatable bonds is 5. The molecule has 0 aliphatic heterocycles. The maximum Gasteiger partial charge on any atom is 0.226 e. The number of aromatic nitrogens is 2. The van der Waals surface area contributed by atoms with Crippen LogP contribution in [-0.2, 0) is 11.2 Å². The molecule has 2 aromatic rings. The zero-order chi connectivity index (χ0) is 17.1. The lowest BCUT2D eigenvalue weighted by molar-refractivity contribution is -0.122. The summed E-state index contributed by atoms with van der Waals surface area (Å²) in [5.74, 6) is 0.0160. The van der Waals surface area contributed by atoms with Crippen molar-refractivity contribution in [1.29, 1.82) is 0 Å². The Morgan fingerprint density at radius 2 is 2.00 bits per heavy atom. The number of thiazole rings is 1. The van der Waals surface area contributed by atoms with Crippen molar-refractivity contribution < 1.29 is 4.79 Å². The van der Waals surface area contributed by atoms with Crippen LogP contribution >= 0.6 is 11.3 Å². The van der Waals surface area contributed by atoms with Gasteiger partial charge in [0.2, 0.25) is 5.91 Å². The first-order chi connectivity index (χ1) is 10.6. The van der Waals surface area contributed by atoms with Crippen LogP contribution in [0.4, 0.5) is 0 Å². The molecule has 0 saturated carbocycles. The lowest BCUT2D eigenvalue weighted by Crippen LogP contribution is -2.46. The second kappa shape index (κ2) is 6.79. The first-order valence-electron chi connectivity index (χ1n) is 7.80. The van der Waals surface area contributed by atoms with E-state index in [2.05, 4.69) is 49.9 Å². The molecule has 1 amide bonds. The van der Waals surface area contributed by atoms with Gasteiger partial charge >= 0.3 is 0 Å². The number of nitrogens with zero attached hydrogens (tertiary/aromatic N) is 2. The third kappa shape index (κ3) is 5.75. The monoisotopic (exact) mass is 331 g/mol. The molecule has 0 saturated heterocycles. The summed E-state index contributed by atoms with van der Waals surface area (Å²) in [6.07, 6.45) is 4.76. The molecule has 0 bridgehead atoms. The molecule has 2 rings (SSSR count). The second-order valence-corrected chi connectivity index (χ2v) is 8.59. The fourth-order valence-electron chi connectivity index (χ4n) is 2.97. The van der Waals surface area contributed by atoms with Crippen molar-refractivity contribution in [3.05, 3.63) is 35.6 Å². The molecular weight excluding hydrogens is 306 g/mol. The van der Waals surface area contributed by atoms with Gasteiger partial charge in [0.25, 0.3) is 0 Å². The molecular formula is C18H25N3OS. The standard InChI is InChI=1S/C18H25N3OS/c1-17(2,3)12-18(4,5)21-15(22)9-14-11-23-16(20-14)13-7-6-8-19-10-13/h6-8,10-11H,9,12H2,1-5H3,(H,21,22). The van der Waals surface area contributed by atoms with Crippen LogP contribution in [0, 0.1) is 5.41 Å². The van der Waals surface area contributed by atoms with Gasteiger partial charge in [0.05, 0.1) is 12.1 Å². The highest BCUT2D eigenvalue weighted by Crippen LogP contribution is 2.27. The molecule has 4 nitrogen and oxygen atoms in total. The van der Waals surface area contributed by atoms with Gasteiger partial charge in [-0.2, -0.15) is 0 Å². The average Bonchev–Trinajstić information content (AvgIpc) is 2.84. The van der Waals surface area contributed by atoms with Gasteiger partial charge in [0.15, 0.2) is 0 Å². The third-order valence-electron chi connectivity index (χ3n) is 3.25. The number of carbonyl (C=O) groups excluding carboxylic acids is 1. The molecule has 0 aliphatic rings. The van der Waals surface area contributed by atoms with Crippen molar-refractivity contribution >= 4 is 17.2 Å². The molecule has 23 heavy (non-hydrogen) atoms. The largest absolute Gasteiger partial charge is 0.351 e. The first kappa shape index (κ1) is 17.6. The molecule has 0 fully saturated rings. The Labute approximate surface area is 142 Å². The lowest BCUT2D eigenvalue weighted by Gasteiger charge is -2.33. The molecule has 2 heterocycles. The maximum atomic E-state index is 12.3. The molecule has 124 valence electrons. The Bertz CT molecular complexity index is 656. The number of nitrogens with one attached hydrogen (secondary N) is 1. The van der Waals surface area contributed by atoms with Crippen molar-refractivity contribution in [1.82, 2.24) is 15.3 Å². The maximum absolute atomic E-state index is 12.3. The highest BCUT2D eigenvalue weighted by molar-refractivity contribution is 7.13. The second-order valence-electron chi connectivity index (χ2n) is 7.73. The summed E-state index contributed by atoms with van der Waals surface area (Å²) in [5, 5.41) is 5.96. The topological polar surface area (TPSA) is 54.9 Å². The zero-order valence-electron chi connectivity index (χ0n) is 14.5. The summed E-state index contributed by atoms with van der Waals surface area (Å²) in [6.45, 7) is 10.7. The van der Waals surface area contributed by atoms with E-state index in [9.17, 15) is 4.79 Å². The van der Waals surface area contributed by atoms with E-state index in [4.69, 9.17) is 0 Å². The van der Waals surface area contributed by atoms with Crippen molar-refractivity contribution in [2.24, 2.45) is 5.41 Å². The van der Waals surface area contributed by atoms with E-state index in [1.807, 2.05) is 17.5 Å². The van der Waals surface area contributed by atoms with Crippen LogP contribution in [0.3, 0.4) is 0 Å². The SMILES string of the molecule is CC(C)(C)CC(C)(C)NC(=O)Cc1csc(-c2cccnc2)n1. The Morgan fingerprint density at radius 1 is 1.26 bits per heavy atom. The summed E-state index contributed by atoms with van der Waals surface area (Å²) in [7, 11) is 0. The van der Waals surface area contributed by atoms with Gasteiger partial charge in [0.1, 0.15) is 5.01 Å². The molecule has 1 N–H and O–H groups in total. The molecule has 0 aromatic carbocycles. The highest BCUT2D eigenvalue weighted by Gasteiger charge is 2.27. The van der Waals surface area contributed by atoms with Crippen LogP contribution in [0.15, 0.2) is 29.9 Å². The molecule has 0 spiro atoms. The minimum absolute atomic E-state index is 0.0160. The molecule has 5 heteroatoms. The van der Waals surface area contributed by atoms with Crippen molar-refractivity contribution in [3.8, 4) is 10.6 Å². The molecule has 0 radical (unpaired) electrons. The smallest absolute Gasteiger partial charge is 0.226 e. The predicted molar refractivity (Wildman–Crippen MR) is 95.3 cm³/mol. The Kier molecular flexibility index (Phi) is 5.19. The van der Waals surface area contributed by atoms with Gasteiger partial charge in [-0.1, -0.05) is 20.8 Å². The van der Waals surface area contributed by atoms with Crippen LogP contribution < -0.4 is 5.32 Å². The van der Waals surface area contributed by atoms with Crippen molar-refractivity contribution in [2.75, 3.05) is 0 Å². The summed E-state index contributed by atoms with van der Waals surface area (Å²) in [4.78, 5) is 20.9. The van der Waals surface area contributed by atoms with Gasteiger partial charge in [-0.3, -0.25) is 9.78 Å². The fourth-order valence-corrected chi connectivity index (χ4v) is 3.78. The van der Waals surface area contributed by atoms with Crippen LogP contribution in [0.25, 0.3) is 10.6 Å². The number of pyridine rings is 1. The van der Waals surface area contributed by atoms with Crippen molar-refractivity contribution in [3.63, 3.8) is 0 Å². The Balaban J connectivity index is 1.97. The number of carbonyl (C=O) groups is 1. The number of hydrogen-bond donors (Lipinski definition) is 1. The Hall–Kier alpha value is -1.75. The summed E-state index contributed by atoms with van der Waals surface area (Å²) in [5.41, 5.74) is 1.73. The van der Waals surface area contributed by atoms with Crippen LogP contribution in [0.1, 0.15) is 46.7 Å².